The zero-order valence-electron chi connectivity index (χ0n) is 16.3. The molecule has 5 rings (SSSR count). The number of para-hydroxylation sites is 1. The summed E-state index contributed by atoms with van der Waals surface area (Å²) in [6.45, 7) is 0. The van der Waals surface area contributed by atoms with E-state index in [1.807, 2.05) is 6.07 Å². The number of benzene rings is 3. The minimum atomic E-state index is -1.14. The molecule has 2 aliphatic rings. The van der Waals surface area contributed by atoms with E-state index in [1.54, 1.807) is 24.3 Å². The van der Waals surface area contributed by atoms with Gasteiger partial charge < -0.3 is 5.11 Å². The molecule has 0 spiro atoms. The van der Waals surface area contributed by atoms with Crippen LogP contribution in [0.3, 0.4) is 0 Å². The Balaban J connectivity index is 1.64. The molecule has 3 aromatic carbocycles. The van der Waals surface area contributed by atoms with Crippen LogP contribution in [0.15, 0.2) is 66.7 Å². The summed E-state index contributed by atoms with van der Waals surface area (Å²) in [6.07, 6.45) is -1.14. The number of hydrogen-bond acceptors (Lipinski definition) is 5. The van der Waals surface area contributed by atoms with Gasteiger partial charge in [0.2, 0.25) is 5.91 Å². The van der Waals surface area contributed by atoms with E-state index in [1.165, 1.54) is 41.5 Å². The minimum absolute atomic E-state index is 0.0103. The molecule has 2 fully saturated rings. The quantitative estimate of drug-likeness (QED) is 0.549. The average Bonchev–Trinajstić information content (AvgIpc) is 3.28. The molecule has 0 radical (unpaired) electrons. The van der Waals surface area contributed by atoms with Gasteiger partial charge in [-0.05, 0) is 48.5 Å². The third kappa shape index (κ3) is 3.21. The number of amides is 2. The van der Waals surface area contributed by atoms with Crippen LogP contribution in [-0.2, 0) is 14.4 Å². The van der Waals surface area contributed by atoms with Crippen molar-refractivity contribution in [2.24, 2.45) is 5.92 Å². The molecular formula is C23H15Cl2FN2O4. The number of hydroxylamine groups is 1. The fourth-order valence-corrected chi connectivity index (χ4v) is 4.69. The van der Waals surface area contributed by atoms with Gasteiger partial charge in [-0.1, -0.05) is 41.4 Å². The van der Waals surface area contributed by atoms with E-state index in [2.05, 4.69) is 0 Å². The summed E-state index contributed by atoms with van der Waals surface area (Å²) in [7, 11) is 0. The molecule has 0 aromatic heterocycles. The van der Waals surface area contributed by atoms with Crippen LogP contribution in [0, 0.1) is 11.7 Å². The lowest BCUT2D eigenvalue weighted by Crippen LogP contribution is -2.37. The van der Waals surface area contributed by atoms with Gasteiger partial charge in [0.15, 0.2) is 6.10 Å². The molecule has 2 amide bonds. The summed E-state index contributed by atoms with van der Waals surface area (Å²) >= 11 is 12.3. The van der Waals surface area contributed by atoms with Gasteiger partial charge in [0, 0.05) is 10.6 Å². The largest absolute Gasteiger partial charge is 0.506 e. The van der Waals surface area contributed by atoms with Gasteiger partial charge in [0.1, 0.15) is 17.5 Å². The lowest BCUT2D eigenvalue weighted by molar-refractivity contribution is -0.126. The average molecular weight is 473 g/mol. The molecular weight excluding hydrogens is 458 g/mol. The minimum Gasteiger partial charge on any atom is -0.506 e. The first-order valence-electron chi connectivity index (χ1n) is 9.69. The standard InChI is InChI=1S/C23H15Cl2FN2O4/c24-12-10-16(20(29)17(25)11-12)19-18-21(32-28(19)15-4-2-1-3-5-15)23(31)27(22(18)30)14-8-6-13(26)7-9-14/h1-11,18-19,21,29H/t18-,19-,21+/m0/s1. The molecule has 2 aliphatic heterocycles. The van der Waals surface area contributed by atoms with E-state index < -0.39 is 35.7 Å². The number of aromatic hydroxyl groups is 1. The number of hydrogen-bond donors (Lipinski definition) is 1. The number of nitrogens with zero attached hydrogens (tertiary/aromatic N) is 2. The van der Waals surface area contributed by atoms with Crippen LogP contribution in [-0.4, -0.2) is 23.0 Å². The molecule has 0 unspecified atom stereocenters. The van der Waals surface area contributed by atoms with E-state index in [4.69, 9.17) is 28.0 Å². The van der Waals surface area contributed by atoms with Crippen molar-refractivity contribution in [3.8, 4) is 5.75 Å². The van der Waals surface area contributed by atoms with Gasteiger partial charge in [-0.3, -0.25) is 14.4 Å². The molecule has 3 aromatic rings. The summed E-state index contributed by atoms with van der Waals surface area (Å²) in [5.41, 5.74) is 1.06. The van der Waals surface area contributed by atoms with Crippen molar-refractivity contribution in [3.05, 3.63) is 88.2 Å². The fourth-order valence-electron chi connectivity index (χ4n) is 4.19. The van der Waals surface area contributed by atoms with Crippen LogP contribution in [0.2, 0.25) is 10.0 Å². The molecule has 0 saturated carbocycles. The van der Waals surface area contributed by atoms with Crippen molar-refractivity contribution in [3.63, 3.8) is 0 Å². The van der Waals surface area contributed by atoms with E-state index in [0.717, 1.165) is 4.90 Å². The van der Waals surface area contributed by atoms with Gasteiger partial charge in [-0.15, -0.1) is 0 Å². The highest BCUT2D eigenvalue weighted by molar-refractivity contribution is 6.35. The number of phenolic OH excluding ortho intramolecular Hbond substituents is 1. The van der Waals surface area contributed by atoms with Gasteiger partial charge in [-0.2, -0.15) is 0 Å². The predicted octanol–water partition coefficient (Wildman–Crippen LogP) is 4.89. The van der Waals surface area contributed by atoms with Crippen molar-refractivity contribution in [1.82, 2.24) is 0 Å². The van der Waals surface area contributed by atoms with Crippen molar-refractivity contribution in [2.75, 3.05) is 9.96 Å². The molecule has 1 N–H and O–H groups in total. The highest BCUT2D eigenvalue weighted by atomic mass is 35.5. The van der Waals surface area contributed by atoms with Crippen molar-refractivity contribution >= 4 is 46.4 Å². The molecule has 3 atom stereocenters. The van der Waals surface area contributed by atoms with Gasteiger partial charge in [0.25, 0.3) is 5.91 Å². The smallest absolute Gasteiger partial charge is 0.266 e. The lowest BCUT2D eigenvalue weighted by atomic mass is 9.90. The Bertz CT molecular complexity index is 1220. The summed E-state index contributed by atoms with van der Waals surface area (Å²) in [5, 5.41) is 12.4. The SMILES string of the molecule is O=C1[C@@H]2[C@@H](ON(c3ccccc3)[C@H]2c2cc(Cl)cc(Cl)c2O)C(=O)N1c1ccc(F)cc1. The van der Waals surface area contributed by atoms with Crippen LogP contribution in [0.5, 0.6) is 5.75 Å². The summed E-state index contributed by atoms with van der Waals surface area (Å²) in [5.74, 6) is -2.86. The molecule has 2 heterocycles. The number of halogens is 3. The number of anilines is 2. The third-order valence-electron chi connectivity index (χ3n) is 5.59. The Morgan fingerprint density at radius 2 is 1.59 bits per heavy atom. The van der Waals surface area contributed by atoms with Gasteiger partial charge in [-0.25, -0.2) is 14.4 Å². The second kappa shape index (κ2) is 7.78. The van der Waals surface area contributed by atoms with Crippen molar-refractivity contribution in [2.45, 2.75) is 12.1 Å². The zero-order valence-corrected chi connectivity index (χ0v) is 17.8. The second-order valence-corrected chi connectivity index (χ2v) is 8.32. The monoisotopic (exact) mass is 472 g/mol. The lowest BCUT2D eigenvalue weighted by Gasteiger charge is -2.29. The molecule has 32 heavy (non-hydrogen) atoms. The first-order valence-corrected chi connectivity index (χ1v) is 10.4. The van der Waals surface area contributed by atoms with Crippen LogP contribution in [0.1, 0.15) is 11.6 Å². The Morgan fingerprint density at radius 3 is 2.28 bits per heavy atom. The third-order valence-corrected chi connectivity index (χ3v) is 6.09. The molecule has 162 valence electrons. The van der Waals surface area contributed by atoms with E-state index in [-0.39, 0.29) is 27.0 Å². The van der Waals surface area contributed by atoms with Crippen LogP contribution < -0.4 is 9.96 Å². The summed E-state index contributed by atoms with van der Waals surface area (Å²) in [6, 6.07) is 15.9. The number of fused-ring (bicyclic) bond motifs is 1. The highest BCUT2D eigenvalue weighted by Gasteiger charge is 2.60. The van der Waals surface area contributed by atoms with Crippen LogP contribution in [0.25, 0.3) is 0 Å². The number of rotatable bonds is 3. The van der Waals surface area contributed by atoms with E-state index in [9.17, 15) is 19.1 Å². The molecule has 2 saturated heterocycles. The van der Waals surface area contributed by atoms with Crippen molar-refractivity contribution < 1.29 is 23.9 Å². The molecule has 6 nitrogen and oxygen atoms in total. The van der Waals surface area contributed by atoms with E-state index >= 15 is 0 Å². The number of carbonyl (C=O) groups excluding carboxylic acids is 2. The Morgan fingerprint density at radius 1 is 0.906 bits per heavy atom. The van der Waals surface area contributed by atoms with E-state index in [0.29, 0.717) is 5.69 Å². The van der Waals surface area contributed by atoms with Crippen LogP contribution in [0.4, 0.5) is 15.8 Å². The first kappa shape index (κ1) is 20.8. The molecule has 9 heteroatoms. The number of carbonyl (C=O) groups is 2. The topological polar surface area (TPSA) is 70.1 Å². The van der Waals surface area contributed by atoms with Crippen LogP contribution >= 0.6 is 23.2 Å². The fraction of sp³-hybridized carbons (Fsp3) is 0.130. The predicted molar refractivity (Wildman–Crippen MR) is 117 cm³/mol. The Hall–Kier alpha value is -3.13. The number of imide groups is 1. The first-order chi connectivity index (χ1) is 15.4. The Labute approximate surface area is 192 Å². The maximum Gasteiger partial charge on any atom is 0.266 e. The Kier molecular flexibility index (Phi) is 5.04. The number of phenols is 1. The van der Waals surface area contributed by atoms with Crippen molar-refractivity contribution in [1.29, 1.82) is 0 Å². The molecule has 0 bridgehead atoms. The summed E-state index contributed by atoms with van der Waals surface area (Å²) in [4.78, 5) is 33.6. The molecule has 0 aliphatic carbocycles. The normalized spacial score (nSPS) is 22.5. The maximum absolute atomic E-state index is 13.5. The highest BCUT2D eigenvalue weighted by Crippen LogP contribution is 2.50. The summed E-state index contributed by atoms with van der Waals surface area (Å²) < 4.78 is 13.4. The zero-order chi connectivity index (χ0) is 22.6. The van der Waals surface area contributed by atoms with Gasteiger partial charge >= 0.3 is 0 Å². The van der Waals surface area contributed by atoms with Gasteiger partial charge in [0.05, 0.1) is 22.4 Å². The second-order valence-electron chi connectivity index (χ2n) is 7.47. The maximum atomic E-state index is 13.5.